The van der Waals surface area contributed by atoms with Gasteiger partial charge in [-0.2, -0.15) is 0 Å². The summed E-state index contributed by atoms with van der Waals surface area (Å²) in [4.78, 5) is 23.5. The van der Waals surface area contributed by atoms with Crippen LogP contribution in [0.5, 0.6) is 0 Å². The van der Waals surface area contributed by atoms with Crippen molar-refractivity contribution in [3.8, 4) is 0 Å². The molecule has 0 bridgehead atoms. The molecule has 3 amide bonds. The average Bonchev–Trinajstić information content (AvgIpc) is 2.88. The van der Waals surface area contributed by atoms with Gasteiger partial charge in [0.05, 0.1) is 5.56 Å². The minimum absolute atomic E-state index is 0.156. The first kappa shape index (κ1) is 17.2. The van der Waals surface area contributed by atoms with Crippen LogP contribution in [-0.2, 0) is 0 Å². The van der Waals surface area contributed by atoms with Crippen LogP contribution < -0.4 is 16.0 Å². The molecule has 0 heterocycles. The molecule has 5 nitrogen and oxygen atoms in total. The lowest BCUT2D eigenvalue weighted by Gasteiger charge is -2.17. The molecular weight excluding hydrogens is 304 g/mol. The fraction of sp³-hybridized carbons (Fsp3) is 0.500. The summed E-state index contributed by atoms with van der Waals surface area (Å²) in [6.45, 7) is 2.49. The summed E-state index contributed by atoms with van der Waals surface area (Å²) < 4.78 is 26.2. The van der Waals surface area contributed by atoms with Crippen LogP contribution in [0.25, 0.3) is 0 Å². The van der Waals surface area contributed by atoms with Gasteiger partial charge in [-0.05, 0) is 30.9 Å². The number of nitrogens with one attached hydrogen (secondary N) is 3. The zero-order valence-corrected chi connectivity index (χ0v) is 13.0. The summed E-state index contributed by atoms with van der Waals surface area (Å²) in [6.07, 6.45) is 3.21. The number of carbonyl (C=O) groups is 2. The van der Waals surface area contributed by atoms with E-state index in [2.05, 4.69) is 22.9 Å². The highest BCUT2D eigenvalue weighted by Gasteiger charge is 2.24. The lowest BCUT2D eigenvalue weighted by molar-refractivity contribution is 0.0949. The summed E-state index contributed by atoms with van der Waals surface area (Å²) in [7, 11) is 0. The second-order valence-corrected chi connectivity index (χ2v) is 5.79. The number of urea groups is 1. The fourth-order valence-electron chi connectivity index (χ4n) is 2.70. The van der Waals surface area contributed by atoms with Gasteiger partial charge >= 0.3 is 6.03 Å². The minimum Gasteiger partial charge on any atom is -0.350 e. The first-order chi connectivity index (χ1) is 11.0. The molecule has 7 heteroatoms. The Balaban J connectivity index is 1.68. The second-order valence-electron chi connectivity index (χ2n) is 5.79. The molecule has 126 valence electrons. The van der Waals surface area contributed by atoms with E-state index in [0.29, 0.717) is 12.0 Å². The topological polar surface area (TPSA) is 70.2 Å². The third-order valence-corrected chi connectivity index (χ3v) is 4.05. The summed E-state index contributed by atoms with van der Waals surface area (Å²) in [5.41, 5.74) is -0.226. The van der Waals surface area contributed by atoms with Gasteiger partial charge in [-0.3, -0.25) is 4.79 Å². The largest absolute Gasteiger partial charge is 0.350 e. The van der Waals surface area contributed by atoms with E-state index < -0.39 is 17.5 Å². The highest BCUT2D eigenvalue weighted by Crippen LogP contribution is 2.24. The predicted octanol–water partition coefficient (Wildman–Crippen LogP) is 2.18. The Bertz CT molecular complexity index is 580. The van der Waals surface area contributed by atoms with Crippen molar-refractivity contribution in [1.29, 1.82) is 0 Å². The van der Waals surface area contributed by atoms with E-state index in [1.54, 1.807) is 0 Å². The maximum Gasteiger partial charge on any atom is 0.315 e. The number of carbonyl (C=O) groups excluding carboxylic acids is 2. The first-order valence-electron chi connectivity index (χ1n) is 7.75. The van der Waals surface area contributed by atoms with Crippen molar-refractivity contribution in [3.63, 3.8) is 0 Å². The molecule has 1 aromatic rings. The van der Waals surface area contributed by atoms with E-state index in [-0.39, 0.29) is 30.7 Å². The highest BCUT2D eigenvalue weighted by molar-refractivity contribution is 5.94. The van der Waals surface area contributed by atoms with E-state index in [1.807, 2.05) is 0 Å². The normalized spacial score (nSPS) is 20.1. The minimum atomic E-state index is -0.913. The smallest absolute Gasteiger partial charge is 0.315 e. The summed E-state index contributed by atoms with van der Waals surface area (Å²) >= 11 is 0. The van der Waals surface area contributed by atoms with Crippen LogP contribution in [0.1, 0.15) is 36.5 Å². The molecule has 1 saturated carbocycles. The van der Waals surface area contributed by atoms with Crippen molar-refractivity contribution >= 4 is 11.9 Å². The van der Waals surface area contributed by atoms with Crippen LogP contribution in [0.3, 0.4) is 0 Å². The van der Waals surface area contributed by atoms with E-state index in [4.69, 9.17) is 0 Å². The standard InChI is InChI=1S/C16H21F2N3O2/c1-10-3-2-4-14(10)21-16(23)20-8-7-19-15(22)12-6-5-11(17)9-13(12)18/h5-6,9-10,14H,2-4,7-8H2,1H3,(H,19,22)(H2,20,21,23)/t10-,14-/m1/s1. The quantitative estimate of drug-likeness (QED) is 0.726. The first-order valence-corrected chi connectivity index (χ1v) is 7.75. The van der Waals surface area contributed by atoms with Crippen molar-refractivity contribution in [2.75, 3.05) is 13.1 Å². The molecule has 0 saturated heterocycles. The van der Waals surface area contributed by atoms with Crippen LogP contribution in [0.15, 0.2) is 18.2 Å². The van der Waals surface area contributed by atoms with Gasteiger partial charge in [0.2, 0.25) is 0 Å². The molecule has 1 aliphatic rings. The van der Waals surface area contributed by atoms with Gasteiger partial charge in [-0.25, -0.2) is 13.6 Å². The Kier molecular flexibility index (Phi) is 5.90. The number of amides is 3. The molecule has 2 rings (SSSR count). The molecule has 1 aliphatic carbocycles. The van der Waals surface area contributed by atoms with Gasteiger partial charge in [0, 0.05) is 25.2 Å². The number of hydrogen-bond acceptors (Lipinski definition) is 2. The van der Waals surface area contributed by atoms with Crippen molar-refractivity contribution in [2.45, 2.75) is 32.2 Å². The molecule has 0 radical (unpaired) electrons. The highest BCUT2D eigenvalue weighted by atomic mass is 19.1. The van der Waals surface area contributed by atoms with E-state index in [9.17, 15) is 18.4 Å². The molecule has 0 unspecified atom stereocenters. The molecule has 0 spiro atoms. The van der Waals surface area contributed by atoms with Gasteiger partial charge in [0.1, 0.15) is 11.6 Å². The third-order valence-electron chi connectivity index (χ3n) is 4.05. The maximum atomic E-state index is 13.4. The zero-order valence-electron chi connectivity index (χ0n) is 13.0. The van der Waals surface area contributed by atoms with Crippen LogP contribution in [0.2, 0.25) is 0 Å². The summed E-state index contributed by atoms with van der Waals surface area (Å²) in [5, 5.41) is 8.01. The van der Waals surface area contributed by atoms with Crippen molar-refractivity contribution < 1.29 is 18.4 Å². The van der Waals surface area contributed by atoms with Crippen LogP contribution >= 0.6 is 0 Å². The monoisotopic (exact) mass is 325 g/mol. The Morgan fingerprint density at radius 1 is 1.17 bits per heavy atom. The van der Waals surface area contributed by atoms with E-state index in [0.717, 1.165) is 31.4 Å². The molecule has 0 aliphatic heterocycles. The molecular formula is C16H21F2N3O2. The Hall–Kier alpha value is -2.18. The van der Waals surface area contributed by atoms with E-state index >= 15 is 0 Å². The number of rotatable bonds is 5. The molecule has 2 atom stereocenters. The van der Waals surface area contributed by atoms with Gasteiger partial charge in [0.25, 0.3) is 5.91 Å². The predicted molar refractivity (Wildman–Crippen MR) is 82.0 cm³/mol. The van der Waals surface area contributed by atoms with Crippen molar-refractivity contribution in [2.24, 2.45) is 5.92 Å². The summed E-state index contributed by atoms with van der Waals surface area (Å²) in [6, 6.07) is 2.68. The molecule has 1 aromatic carbocycles. The van der Waals surface area contributed by atoms with Crippen LogP contribution in [-0.4, -0.2) is 31.1 Å². The van der Waals surface area contributed by atoms with Crippen LogP contribution in [0, 0.1) is 17.6 Å². The number of benzene rings is 1. The van der Waals surface area contributed by atoms with Crippen molar-refractivity contribution in [1.82, 2.24) is 16.0 Å². The lowest BCUT2D eigenvalue weighted by Crippen LogP contribution is -2.45. The maximum absolute atomic E-state index is 13.4. The number of hydrogen-bond donors (Lipinski definition) is 3. The lowest BCUT2D eigenvalue weighted by atomic mass is 10.1. The summed E-state index contributed by atoms with van der Waals surface area (Å²) in [5.74, 6) is -1.82. The SMILES string of the molecule is C[C@@H]1CCC[C@H]1NC(=O)NCCNC(=O)c1ccc(F)cc1F. The number of halogens is 2. The molecule has 3 N–H and O–H groups in total. The molecule has 0 aromatic heterocycles. The third kappa shape index (κ3) is 4.91. The van der Waals surface area contributed by atoms with Crippen LogP contribution in [0.4, 0.5) is 13.6 Å². The Morgan fingerprint density at radius 2 is 1.91 bits per heavy atom. The van der Waals surface area contributed by atoms with Gasteiger partial charge in [-0.1, -0.05) is 13.3 Å². The molecule has 1 fully saturated rings. The Labute approximate surface area is 133 Å². The average molecular weight is 325 g/mol. The van der Waals surface area contributed by atoms with Gasteiger partial charge < -0.3 is 16.0 Å². The zero-order chi connectivity index (χ0) is 16.8. The van der Waals surface area contributed by atoms with Gasteiger partial charge in [0.15, 0.2) is 0 Å². The Morgan fingerprint density at radius 3 is 2.57 bits per heavy atom. The second kappa shape index (κ2) is 7.89. The molecule has 23 heavy (non-hydrogen) atoms. The van der Waals surface area contributed by atoms with Crippen molar-refractivity contribution in [3.05, 3.63) is 35.4 Å². The van der Waals surface area contributed by atoms with Gasteiger partial charge in [-0.15, -0.1) is 0 Å². The van der Waals surface area contributed by atoms with E-state index in [1.165, 1.54) is 0 Å². The fourth-order valence-corrected chi connectivity index (χ4v) is 2.70.